The lowest BCUT2D eigenvalue weighted by Gasteiger charge is -2.23. The first-order valence-electron chi connectivity index (χ1n) is 9.01. The van der Waals surface area contributed by atoms with Crippen LogP contribution in [-0.2, 0) is 4.79 Å². The molecule has 140 valence electrons. The minimum absolute atomic E-state index is 0.00384. The summed E-state index contributed by atoms with van der Waals surface area (Å²) in [6, 6.07) is 16.4. The number of carbonyl (C=O) groups is 1. The lowest BCUT2D eigenvalue weighted by Crippen LogP contribution is -2.41. The average molecular weight is 365 g/mol. The zero-order valence-electron chi connectivity index (χ0n) is 15.4. The summed E-state index contributed by atoms with van der Waals surface area (Å²) in [6.07, 6.45) is 1.83. The van der Waals surface area contributed by atoms with Crippen molar-refractivity contribution in [1.29, 1.82) is 5.26 Å². The highest BCUT2D eigenvalue weighted by atomic mass is 16.5. The minimum atomic E-state index is -0.152. The van der Waals surface area contributed by atoms with Gasteiger partial charge in [-0.1, -0.05) is 6.07 Å². The molecular formula is C21H23N3O3. The Morgan fingerprint density at radius 1 is 1.26 bits per heavy atom. The number of carbonyl (C=O) groups excluding carboxylic acids is 1. The molecular weight excluding hydrogens is 342 g/mol. The smallest absolute Gasteiger partial charge is 0.241 e. The van der Waals surface area contributed by atoms with Gasteiger partial charge in [-0.05, 0) is 61.9 Å². The quantitative estimate of drug-likeness (QED) is 0.816. The number of amides is 1. The molecule has 6 nitrogen and oxygen atoms in total. The highest BCUT2D eigenvalue weighted by molar-refractivity contribution is 5.95. The second kappa shape index (κ2) is 9.06. The van der Waals surface area contributed by atoms with Crippen LogP contribution in [0.15, 0.2) is 48.5 Å². The van der Waals surface area contributed by atoms with Crippen LogP contribution in [0.1, 0.15) is 18.4 Å². The molecule has 2 aromatic carbocycles. The Bertz CT molecular complexity index is 814. The summed E-state index contributed by atoms with van der Waals surface area (Å²) in [5, 5.41) is 11.9. The molecule has 1 aliphatic rings. The summed E-state index contributed by atoms with van der Waals surface area (Å²) in [6.45, 7) is 2.01. The van der Waals surface area contributed by atoms with E-state index in [2.05, 4.69) is 16.3 Å². The number of benzene rings is 2. The number of hydrogen-bond donors (Lipinski definition) is 1. The van der Waals surface area contributed by atoms with Gasteiger partial charge in [-0.25, -0.2) is 0 Å². The van der Waals surface area contributed by atoms with Gasteiger partial charge >= 0.3 is 0 Å². The lowest BCUT2D eigenvalue weighted by molar-refractivity contribution is -0.120. The maximum absolute atomic E-state index is 12.6. The van der Waals surface area contributed by atoms with Crippen molar-refractivity contribution in [2.75, 3.05) is 32.1 Å². The maximum atomic E-state index is 12.6. The minimum Gasteiger partial charge on any atom is -0.497 e. The van der Waals surface area contributed by atoms with Crippen LogP contribution in [0.2, 0.25) is 0 Å². The van der Waals surface area contributed by atoms with E-state index in [0.29, 0.717) is 24.5 Å². The summed E-state index contributed by atoms with van der Waals surface area (Å²) in [4.78, 5) is 14.8. The number of nitriles is 1. The number of nitrogens with zero attached hydrogens (tertiary/aromatic N) is 2. The van der Waals surface area contributed by atoms with Crippen LogP contribution in [0.3, 0.4) is 0 Å². The zero-order chi connectivity index (χ0) is 19.1. The predicted octanol–water partition coefficient (Wildman–Crippen LogP) is 3.05. The summed E-state index contributed by atoms with van der Waals surface area (Å²) < 4.78 is 10.9. The fraction of sp³-hybridized carbons (Fsp3) is 0.333. The topological polar surface area (TPSA) is 74.6 Å². The fourth-order valence-electron chi connectivity index (χ4n) is 3.23. The van der Waals surface area contributed by atoms with Crippen molar-refractivity contribution in [2.24, 2.45) is 0 Å². The molecule has 6 heteroatoms. The van der Waals surface area contributed by atoms with Crippen molar-refractivity contribution in [3.8, 4) is 17.6 Å². The molecule has 0 saturated carbocycles. The van der Waals surface area contributed by atoms with Crippen molar-refractivity contribution in [3.05, 3.63) is 54.1 Å². The molecule has 1 heterocycles. The van der Waals surface area contributed by atoms with E-state index in [0.717, 1.165) is 30.8 Å². The molecule has 1 amide bonds. The monoisotopic (exact) mass is 365 g/mol. The first-order chi connectivity index (χ1) is 13.2. The van der Waals surface area contributed by atoms with E-state index in [9.17, 15) is 4.79 Å². The molecule has 1 fully saturated rings. The Hall–Kier alpha value is -3.04. The largest absolute Gasteiger partial charge is 0.497 e. The fourth-order valence-corrected chi connectivity index (χ4v) is 3.23. The van der Waals surface area contributed by atoms with Crippen LogP contribution in [0.5, 0.6) is 11.5 Å². The van der Waals surface area contributed by atoms with E-state index in [1.807, 2.05) is 30.3 Å². The molecule has 3 rings (SSSR count). The van der Waals surface area contributed by atoms with Crippen molar-refractivity contribution in [3.63, 3.8) is 0 Å². The van der Waals surface area contributed by atoms with Gasteiger partial charge in [0, 0.05) is 12.2 Å². The van der Waals surface area contributed by atoms with E-state index < -0.39 is 0 Å². The van der Waals surface area contributed by atoms with Gasteiger partial charge in [0.05, 0.1) is 24.8 Å². The van der Waals surface area contributed by atoms with E-state index in [1.54, 1.807) is 25.3 Å². The number of likely N-dealkylation sites (tertiary alicyclic amines) is 1. The average Bonchev–Trinajstić information content (AvgIpc) is 3.17. The molecule has 1 aliphatic heterocycles. The molecule has 2 aromatic rings. The predicted molar refractivity (Wildman–Crippen MR) is 103 cm³/mol. The summed E-state index contributed by atoms with van der Waals surface area (Å²) in [5.41, 5.74) is 1.34. The van der Waals surface area contributed by atoms with Crippen LogP contribution in [0, 0.1) is 11.3 Å². The van der Waals surface area contributed by atoms with Crippen molar-refractivity contribution in [2.45, 2.75) is 18.9 Å². The van der Waals surface area contributed by atoms with E-state index in [1.165, 1.54) is 0 Å². The normalized spacial score (nSPS) is 16.5. The lowest BCUT2D eigenvalue weighted by atomic mass is 10.2. The summed E-state index contributed by atoms with van der Waals surface area (Å²) in [7, 11) is 1.61. The molecule has 0 aliphatic carbocycles. The van der Waals surface area contributed by atoms with E-state index >= 15 is 0 Å². The standard InChI is InChI=1S/C21H23N3O3/c1-26-18-9-7-17(8-10-18)23-21(25)20-6-3-11-24(20)12-13-27-19-5-2-4-16(14-19)15-22/h2,4-5,7-10,14,20H,3,6,11-13H2,1H3,(H,23,25)/t20-/m1/s1. The first-order valence-corrected chi connectivity index (χ1v) is 9.01. The van der Waals surface area contributed by atoms with Gasteiger partial charge in [-0.2, -0.15) is 5.26 Å². The van der Waals surface area contributed by atoms with Crippen molar-refractivity contribution < 1.29 is 14.3 Å². The second-order valence-corrected chi connectivity index (χ2v) is 6.40. The van der Waals surface area contributed by atoms with Crippen molar-refractivity contribution >= 4 is 11.6 Å². The van der Waals surface area contributed by atoms with Gasteiger partial charge in [-0.15, -0.1) is 0 Å². The highest BCUT2D eigenvalue weighted by Gasteiger charge is 2.30. The first kappa shape index (κ1) is 18.7. The van der Waals surface area contributed by atoms with Gasteiger partial charge in [0.2, 0.25) is 5.91 Å². The van der Waals surface area contributed by atoms with Gasteiger partial charge < -0.3 is 14.8 Å². The van der Waals surface area contributed by atoms with E-state index in [-0.39, 0.29) is 11.9 Å². The van der Waals surface area contributed by atoms with Gasteiger partial charge in [0.15, 0.2) is 0 Å². The number of hydrogen-bond acceptors (Lipinski definition) is 5. The Labute approximate surface area is 159 Å². The maximum Gasteiger partial charge on any atom is 0.241 e. The summed E-state index contributed by atoms with van der Waals surface area (Å²) >= 11 is 0. The third-order valence-corrected chi connectivity index (χ3v) is 4.63. The third-order valence-electron chi connectivity index (χ3n) is 4.63. The SMILES string of the molecule is COc1ccc(NC(=O)[C@H]2CCCN2CCOc2cccc(C#N)c2)cc1. The highest BCUT2D eigenvalue weighted by Crippen LogP contribution is 2.21. The Kier molecular flexibility index (Phi) is 6.29. The van der Waals surface area contributed by atoms with Gasteiger partial charge in [-0.3, -0.25) is 9.69 Å². The van der Waals surface area contributed by atoms with Gasteiger partial charge in [0.1, 0.15) is 18.1 Å². The van der Waals surface area contributed by atoms with Crippen LogP contribution in [0.4, 0.5) is 5.69 Å². The van der Waals surface area contributed by atoms with Crippen LogP contribution in [0.25, 0.3) is 0 Å². The van der Waals surface area contributed by atoms with Gasteiger partial charge in [0.25, 0.3) is 0 Å². The van der Waals surface area contributed by atoms with Crippen LogP contribution < -0.4 is 14.8 Å². The Balaban J connectivity index is 1.51. The van der Waals surface area contributed by atoms with E-state index in [4.69, 9.17) is 14.7 Å². The molecule has 27 heavy (non-hydrogen) atoms. The molecule has 0 bridgehead atoms. The number of nitrogens with one attached hydrogen (secondary N) is 1. The molecule has 1 saturated heterocycles. The molecule has 1 N–H and O–H groups in total. The number of rotatable bonds is 7. The summed E-state index contributed by atoms with van der Waals surface area (Å²) in [5.74, 6) is 1.43. The van der Waals surface area contributed by atoms with Crippen molar-refractivity contribution in [1.82, 2.24) is 4.90 Å². The zero-order valence-corrected chi connectivity index (χ0v) is 15.4. The molecule has 0 radical (unpaired) electrons. The molecule has 0 spiro atoms. The Morgan fingerprint density at radius 3 is 2.81 bits per heavy atom. The van der Waals surface area contributed by atoms with Crippen LogP contribution in [-0.4, -0.2) is 43.7 Å². The number of ether oxygens (including phenoxy) is 2. The second-order valence-electron chi connectivity index (χ2n) is 6.40. The molecule has 0 aromatic heterocycles. The number of methoxy groups -OCH3 is 1. The third kappa shape index (κ3) is 4.99. The van der Waals surface area contributed by atoms with Crippen LogP contribution >= 0.6 is 0 Å². The Morgan fingerprint density at radius 2 is 2.07 bits per heavy atom. The number of anilines is 1. The molecule has 0 unspecified atom stereocenters. The molecule has 1 atom stereocenters.